The molecule has 0 atom stereocenters. The molecule has 0 saturated carbocycles. The van der Waals surface area contributed by atoms with Gasteiger partial charge in [0.2, 0.25) is 0 Å². The first-order valence-electron chi connectivity index (χ1n) is 5.78. The number of rotatable bonds is 4. The van der Waals surface area contributed by atoms with Crippen LogP contribution in [0.25, 0.3) is 6.08 Å². The van der Waals surface area contributed by atoms with Gasteiger partial charge in [-0.15, -0.1) is 8.86 Å². The van der Waals surface area contributed by atoms with Crippen LogP contribution in [0.1, 0.15) is 38.3 Å². The van der Waals surface area contributed by atoms with Crippen LogP contribution in [0.15, 0.2) is 30.8 Å². The molecule has 16 heavy (non-hydrogen) atoms. The van der Waals surface area contributed by atoms with Crippen LogP contribution in [-0.2, 0) is 6.42 Å². The molecule has 0 spiro atoms. The molecular weight excluding hydrogens is 211 g/mol. The minimum absolute atomic E-state index is 1.07. The topological polar surface area (TPSA) is 0 Å². The lowest BCUT2D eigenvalue weighted by molar-refractivity contribution is 1.07. The van der Waals surface area contributed by atoms with Crippen molar-refractivity contribution in [2.75, 3.05) is 0 Å². The zero-order valence-electron chi connectivity index (χ0n) is 10.8. The molecule has 0 N–H and O–H groups in total. The predicted molar refractivity (Wildman–Crippen MR) is 81.6 cm³/mol. The maximum Gasteiger partial charge on any atom is -0.0241 e. The van der Waals surface area contributed by atoms with E-state index in [1.54, 1.807) is 6.92 Å². The second-order valence-electron chi connectivity index (χ2n) is 2.69. The van der Waals surface area contributed by atoms with Crippen molar-refractivity contribution < 1.29 is 0 Å². The van der Waals surface area contributed by atoms with Crippen molar-refractivity contribution in [1.82, 2.24) is 0 Å². The fourth-order valence-corrected chi connectivity index (χ4v) is 1.20. The first-order chi connectivity index (χ1) is 7.86. The smallest absolute Gasteiger partial charge is 0.0241 e. The van der Waals surface area contributed by atoms with Gasteiger partial charge in [-0.2, -0.15) is 0 Å². The summed E-state index contributed by atoms with van der Waals surface area (Å²) in [4.78, 5) is 0. The van der Waals surface area contributed by atoms with Crippen molar-refractivity contribution in [2.24, 2.45) is 0 Å². The minimum atomic E-state index is 1.07. The average Bonchev–Trinajstić information content (AvgIpc) is 2.41. The molecule has 0 nitrogen and oxygen atoms in total. The van der Waals surface area contributed by atoms with E-state index in [2.05, 4.69) is 46.6 Å². The Bertz CT molecular complexity index is 259. The number of hydrogen-bond donors (Lipinski definition) is 0. The Morgan fingerprint density at radius 1 is 1.12 bits per heavy atom. The monoisotopic (exact) mass is 235 g/mol. The van der Waals surface area contributed by atoms with Crippen LogP contribution in [0.4, 0.5) is 0 Å². The van der Waals surface area contributed by atoms with Crippen LogP contribution in [0, 0.1) is 6.92 Å². The molecule has 0 saturated heterocycles. The zero-order chi connectivity index (χ0) is 12.8. The quantitative estimate of drug-likeness (QED) is 0.639. The highest BCUT2D eigenvalue weighted by Crippen LogP contribution is 2.06. The van der Waals surface area contributed by atoms with Gasteiger partial charge in [-0.3, -0.25) is 0 Å². The van der Waals surface area contributed by atoms with Crippen molar-refractivity contribution in [3.8, 4) is 0 Å². The first kappa shape index (κ1) is 17.5. The predicted octanol–water partition coefficient (Wildman–Crippen LogP) is 5.07. The van der Waals surface area contributed by atoms with Gasteiger partial charge < -0.3 is 0 Å². The van der Waals surface area contributed by atoms with Gasteiger partial charge in [0.25, 0.3) is 0 Å². The first-order valence-corrected chi connectivity index (χ1v) is 6.35. The normalized spacial score (nSPS) is 7.75. The summed E-state index contributed by atoms with van der Waals surface area (Å²) in [5, 5.41) is 0. The molecule has 1 aromatic rings. The Hall–Kier alpha value is -0.870. The zero-order valence-corrected chi connectivity index (χ0v) is 11.8. The summed E-state index contributed by atoms with van der Waals surface area (Å²) >= 11 is 0. The number of benzene rings is 1. The van der Waals surface area contributed by atoms with Crippen molar-refractivity contribution in [2.45, 2.75) is 33.6 Å². The summed E-state index contributed by atoms with van der Waals surface area (Å²) in [6.45, 7) is 12.7. The van der Waals surface area contributed by atoms with Crippen LogP contribution in [-0.4, -0.2) is 5.80 Å². The lowest BCUT2D eigenvalue weighted by Gasteiger charge is -1.98. The largest absolute Gasteiger partial charge is 0.127 e. The molecule has 1 heteroatoms. The van der Waals surface area contributed by atoms with Crippen LogP contribution in [0.5, 0.6) is 0 Å². The molecule has 1 aromatic carbocycles. The van der Waals surface area contributed by atoms with Crippen molar-refractivity contribution in [3.63, 3.8) is 0 Å². The molecule has 0 unspecified atom stereocenters. The molecule has 0 fully saturated rings. The Labute approximate surface area is 104 Å². The van der Waals surface area contributed by atoms with Gasteiger partial charge in [-0.05, 0) is 24.0 Å². The van der Waals surface area contributed by atoms with E-state index in [1.807, 2.05) is 25.7 Å². The van der Waals surface area contributed by atoms with Crippen molar-refractivity contribution in [1.29, 1.82) is 0 Å². The van der Waals surface area contributed by atoms with Gasteiger partial charge in [-0.1, -0.05) is 70.4 Å². The van der Waals surface area contributed by atoms with Gasteiger partial charge in [0.15, 0.2) is 0 Å². The van der Waals surface area contributed by atoms with Gasteiger partial charge in [-0.25, -0.2) is 0 Å². The fourth-order valence-electron chi connectivity index (χ4n) is 1.06. The van der Waals surface area contributed by atoms with Gasteiger partial charge in [0.05, 0.1) is 0 Å². The summed E-state index contributed by atoms with van der Waals surface area (Å²) < 4.78 is 0. The van der Waals surface area contributed by atoms with Crippen molar-refractivity contribution in [3.05, 3.63) is 48.9 Å². The molecule has 0 aliphatic rings. The van der Waals surface area contributed by atoms with E-state index in [0.29, 0.717) is 0 Å². The second-order valence-corrected chi connectivity index (χ2v) is 3.10. The Morgan fingerprint density at radius 2 is 1.62 bits per heavy atom. The average molecular weight is 235 g/mol. The number of hydrogen-bond acceptors (Lipinski definition) is 0. The highest BCUT2D eigenvalue weighted by Gasteiger charge is 1.90. The van der Waals surface area contributed by atoms with E-state index >= 15 is 0 Å². The van der Waals surface area contributed by atoms with Crippen molar-refractivity contribution >= 4 is 20.7 Å². The molecule has 0 heterocycles. The van der Waals surface area contributed by atoms with Gasteiger partial charge in [0, 0.05) is 0 Å². The van der Waals surface area contributed by atoms with Crippen LogP contribution in [0.3, 0.4) is 0 Å². The Morgan fingerprint density at radius 3 is 2.00 bits per heavy atom. The van der Waals surface area contributed by atoms with Gasteiger partial charge in [0.1, 0.15) is 0 Å². The molecule has 0 aliphatic heterocycles. The molecule has 89 valence electrons. The summed E-state index contributed by atoms with van der Waals surface area (Å²) in [7, 11) is 3.34. The summed E-state index contributed by atoms with van der Waals surface area (Å²) in [6.07, 6.45) is 4.03. The second kappa shape index (κ2) is 14.1. The van der Waals surface area contributed by atoms with Gasteiger partial charge >= 0.3 is 0 Å². The minimum Gasteiger partial charge on any atom is -0.127 e. The molecule has 1 radical (unpaired) electrons. The van der Waals surface area contributed by atoms with Crippen LogP contribution < -0.4 is 0 Å². The highest BCUT2D eigenvalue weighted by atomic mass is 31.0. The summed E-state index contributed by atoms with van der Waals surface area (Å²) in [5.41, 5.74) is 2.55. The maximum atomic E-state index is 3.71. The molecule has 1 rings (SSSR count). The third-order valence-electron chi connectivity index (χ3n) is 1.79. The molecule has 0 aliphatic carbocycles. The Balaban J connectivity index is 0. The van der Waals surface area contributed by atoms with E-state index in [9.17, 15) is 0 Å². The SMILES string of the molecule is C=Cc1ccc(CCC=P)cc1.CC.[CH2]C. The molecule has 0 aromatic heterocycles. The van der Waals surface area contributed by atoms with E-state index < -0.39 is 0 Å². The summed E-state index contributed by atoms with van der Waals surface area (Å²) in [5.74, 6) is 2.00. The molecule has 0 amide bonds. The highest BCUT2D eigenvalue weighted by molar-refractivity contribution is 7.18. The summed E-state index contributed by atoms with van der Waals surface area (Å²) in [6, 6.07) is 8.48. The third-order valence-corrected chi connectivity index (χ3v) is 2.08. The maximum absolute atomic E-state index is 3.71. The third kappa shape index (κ3) is 8.44. The lowest BCUT2D eigenvalue weighted by Crippen LogP contribution is -1.84. The van der Waals surface area contributed by atoms with E-state index in [0.717, 1.165) is 12.8 Å². The Kier molecular flexibility index (Phi) is 15.5. The standard InChI is InChI=1S/C11H13P.C2H6.C2H5/c1-2-10-5-7-11(8-6-10)4-3-9-12;2*1-2/h2,5-9,12H,1,3-4H2;1-2H3;1H2,2H3. The van der Waals surface area contributed by atoms with E-state index in [1.165, 1.54) is 11.1 Å². The lowest BCUT2D eigenvalue weighted by atomic mass is 10.1. The van der Waals surface area contributed by atoms with Crippen LogP contribution in [0.2, 0.25) is 0 Å². The van der Waals surface area contributed by atoms with E-state index in [-0.39, 0.29) is 0 Å². The molecule has 0 bridgehead atoms. The fraction of sp³-hybridized carbons (Fsp3) is 0.333. The van der Waals surface area contributed by atoms with E-state index in [4.69, 9.17) is 0 Å². The number of aryl methyl sites for hydroxylation is 1. The molecular formula is C15H24P. The van der Waals surface area contributed by atoms with Crippen LogP contribution >= 0.6 is 8.86 Å².